The first-order chi connectivity index (χ1) is 8.15. The molecule has 2 aromatic rings. The molecule has 0 spiro atoms. The van der Waals surface area contributed by atoms with E-state index in [2.05, 4.69) is 26.1 Å². The molecule has 1 saturated carbocycles. The van der Waals surface area contributed by atoms with E-state index in [0.717, 1.165) is 15.7 Å². The molecule has 17 heavy (non-hydrogen) atoms. The quantitative estimate of drug-likeness (QED) is 0.822. The number of hydrogen-bond acceptors (Lipinski definition) is 1. The van der Waals surface area contributed by atoms with Gasteiger partial charge in [-0.15, -0.1) is 0 Å². The molecule has 1 heterocycles. The van der Waals surface area contributed by atoms with E-state index in [1.807, 2.05) is 12.1 Å². The third-order valence-electron chi connectivity index (χ3n) is 2.85. The lowest BCUT2D eigenvalue weighted by Crippen LogP contribution is -1.80. The van der Waals surface area contributed by atoms with Crippen molar-refractivity contribution in [2.24, 2.45) is 0 Å². The first-order valence-corrected chi connectivity index (χ1v) is 6.90. The second kappa shape index (κ2) is 4.30. The Morgan fingerprint density at radius 3 is 2.41 bits per heavy atom. The highest BCUT2D eigenvalue weighted by molar-refractivity contribution is 9.10. The van der Waals surface area contributed by atoms with Crippen molar-refractivity contribution in [2.45, 2.75) is 18.8 Å². The largest absolute Gasteiger partial charge is 0.280 e. The Kier molecular flexibility index (Phi) is 2.93. The summed E-state index contributed by atoms with van der Waals surface area (Å²) in [5.74, 6) is 0.625. The Morgan fingerprint density at radius 1 is 1.18 bits per heavy atom. The van der Waals surface area contributed by atoms with Crippen molar-refractivity contribution < 1.29 is 0 Å². The van der Waals surface area contributed by atoms with Crippen LogP contribution in [0, 0.1) is 0 Å². The molecule has 0 bridgehead atoms. The zero-order chi connectivity index (χ0) is 12.0. The van der Waals surface area contributed by atoms with E-state index in [-0.39, 0.29) is 0 Å². The number of benzene rings is 1. The van der Waals surface area contributed by atoms with E-state index in [0.29, 0.717) is 16.0 Å². The summed E-state index contributed by atoms with van der Waals surface area (Å²) in [6.07, 6.45) is 2.47. The van der Waals surface area contributed by atoms with Crippen molar-refractivity contribution >= 4 is 39.1 Å². The Bertz CT molecular complexity index is 556. The van der Waals surface area contributed by atoms with Crippen molar-refractivity contribution in [1.29, 1.82) is 0 Å². The summed E-state index contributed by atoms with van der Waals surface area (Å²) in [5.41, 5.74) is 2.98. The van der Waals surface area contributed by atoms with E-state index < -0.39 is 0 Å². The molecule has 1 fully saturated rings. The second-order valence-electron chi connectivity index (χ2n) is 4.23. The third-order valence-corrected chi connectivity index (χ3v) is 4.09. The minimum atomic E-state index is 0.621. The number of rotatable bonds is 2. The van der Waals surface area contributed by atoms with E-state index in [1.54, 1.807) is 6.07 Å². The standard InChI is InChI=1S/C12H9BrCl2N2/c13-10-11(6-1-2-6)16-17-12(10)7-3-8(14)5-9(15)4-7/h3-6H,1-2H2,(H,16,17). The summed E-state index contributed by atoms with van der Waals surface area (Å²) in [7, 11) is 0. The minimum Gasteiger partial charge on any atom is -0.280 e. The Balaban J connectivity index is 2.08. The maximum absolute atomic E-state index is 6.00. The summed E-state index contributed by atoms with van der Waals surface area (Å²) < 4.78 is 1.03. The van der Waals surface area contributed by atoms with Gasteiger partial charge in [-0.3, -0.25) is 5.10 Å². The van der Waals surface area contributed by atoms with Crippen LogP contribution in [0.5, 0.6) is 0 Å². The summed E-state index contributed by atoms with van der Waals surface area (Å²) in [5, 5.41) is 8.67. The molecule has 2 nitrogen and oxygen atoms in total. The molecular formula is C12H9BrCl2N2. The van der Waals surface area contributed by atoms with Gasteiger partial charge in [0.05, 0.1) is 10.2 Å². The van der Waals surface area contributed by atoms with Gasteiger partial charge in [-0.25, -0.2) is 0 Å². The van der Waals surface area contributed by atoms with Gasteiger partial charge in [-0.1, -0.05) is 23.2 Å². The molecule has 0 saturated heterocycles. The van der Waals surface area contributed by atoms with Crippen LogP contribution in [0.4, 0.5) is 0 Å². The molecule has 1 aromatic heterocycles. The van der Waals surface area contributed by atoms with Crippen molar-refractivity contribution in [2.75, 3.05) is 0 Å². The fourth-order valence-corrected chi connectivity index (χ4v) is 3.12. The number of aromatic amines is 1. The van der Waals surface area contributed by atoms with Gasteiger partial charge in [0.2, 0.25) is 0 Å². The fourth-order valence-electron chi connectivity index (χ4n) is 1.87. The predicted octanol–water partition coefficient (Wildman–Crippen LogP) is 5.02. The molecule has 88 valence electrons. The molecule has 0 unspecified atom stereocenters. The highest BCUT2D eigenvalue weighted by Gasteiger charge is 2.29. The normalized spacial score (nSPS) is 15.2. The highest BCUT2D eigenvalue weighted by Crippen LogP contribution is 2.44. The number of nitrogens with zero attached hydrogens (tertiary/aromatic N) is 1. The van der Waals surface area contributed by atoms with Crippen LogP contribution in [0.2, 0.25) is 10.0 Å². The zero-order valence-electron chi connectivity index (χ0n) is 8.80. The number of nitrogens with one attached hydrogen (secondary N) is 1. The monoisotopic (exact) mass is 330 g/mol. The molecule has 5 heteroatoms. The number of aromatic nitrogens is 2. The number of H-pyrrole nitrogens is 1. The van der Waals surface area contributed by atoms with Gasteiger partial charge in [0, 0.05) is 21.5 Å². The Morgan fingerprint density at radius 2 is 1.82 bits per heavy atom. The van der Waals surface area contributed by atoms with Gasteiger partial charge in [-0.2, -0.15) is 5.10 Å². The predicted molar refractivity (Wildman–Crippen MR) is 73.7 cm³/mol. The summed E-state index contributed by atoms with van der Waals surface area (Å²) in [6, 6.07) is 5.45. The third kappa shape index (κ3) is 2.24. The Labute approximate surface area is 117 Å². The van der Waals surface area contributed by atoms with Crippen LogP contribution in [-0.4, -0.2) is 10.2 Å². The van der Waals surface area contributed by atoms with Gasteiger partial charge in [0.1, 0.15) is 5.69 Å². The van der Waals surface area contributed by atoms with Gasteiger partial charge in [0.15, 0.2) is 0 Å². The van der Waals surface area contributed by atoms with Gasteiger partial charge < -0.3 is 0 Å². The average Bonchev–Trinajstić information content (AvgIpc) is 3.01. The number of hydrogen-bond donors (Lipinski definition) is 1. The lowest BCUT2D eigenvalue weighted by atomic mass is 10.1. The van der Waals surface area contributed by atoms with Crippen LogP contribution in [-0.2, 0) is 0 Å². The lowest BCUT2D eigenvalue weighted by Gasteiger charge is -2.01. The number of halogens is 3. The van der Waals surface area contributed by atoms with Crippen molar-refractivity contribution in [3.8, 4) is 11.3 Å². The van der Waals surface area contributed by atoms with E-state index in [4.69, 9.17) is 23.2 Å². The highest BCUT2D eigenvalue weighted by atomic mass is 79.9. The van der Waals surface area contributed by atoms with Crippen LogP contribution < -0.4 is 0 Å². The molecule has 0 amide bonds. The summed E-state index contributed by atoms with van der Waals surface area (Å²) >= 11 is 15.6. The lowest BCUT2D eigenvalue weighted by molar-refractivity contribution is 0.963. The molecule has 1 N–H and O–H groups in total. The SMILES string of the molecule is Clc1cc(Cl)cc(-c2n[nH]c(C3CC3)c2Br)c1. The molecule has 0 aliphatic heterocycles. The van der Waals surface area contributed by atoms with Gasteiger partial charge in [-0.05, 0) is 47.0 Å². The van der Waals surface area contributed by atoms with Gasteiger partial charge in [0.25, 0.3) is 0 Å². The van der Waals surface area contributed by atoms with E-state index in [9.17, 15) is 0 Å². The van der Waals surface area contributed by atoms with Crippen LogP contribution in [0.15, 0.2) is 22.7 Å². The van der Waals surface area contributed by atoms with Crippen molar-refractivity contribution in [3.05, 3.63) is 38.4 Å². The Hall–Kier alpha value is -0.510. The van der Waals surface area contributed by atoms with Crippen LogP contribution in [0.3, 0.4) is 0 Å². The topological polar surface area (TPSA) is 28.7 Å². The van der Waals surface area contributed by atoms with Crippen LogP contribution in [0.1, 0.15) is 24.5 Å². The molecule has 3 rings (SSSR count). The van der Waals surface area contributed by atoms with Crippen LogP contribution >= 0.6 is 39.1 Å². The minimum absolute atomic E-state index is 0.621. The molecule has 1 aliphatic rings. The van der Waals surface area contributed by atoms with Crippen LogP contribution in [0.25, 0.3) is 11.3 Å². The van der Waals surface area contributed by atoms with Gasteiger partial charge >= 0.3 is 0 Å². The maximum atomic E-state index is 6.00. The summed E-state index contributed by atoms with van der Waals surface area (Å²) in [4.78, 5) is 0. The van der Waals surface area contributed by atoms with E-state index >= 15 is 0 Å². The molecule has 1 aliphatic carbocycles. The maximum Gasteiger partial charge on any atom is 0.107 e. The molecule has 0 radical (unpaired) electrons. The fraction of sp³-hybridized carbons (Fsp3) is 0.250. The molecule has 1 aromatic carbocycles. The molecule has 0 atom stereocenters. The average molecular weight is 332 g/mol. The smallest absolute Gasteiger partial charge is 0.107 e. The van der Waals surface area contributed by atoms with Crippen molar-refractivity contribution in [3.63, 3.8) is 0 Å². The molecular weight excluding hydrogens is 323 g/mol. The van der Waals surface area contributed by atoms with Crippen molar-refractivity contribution in [1.82, 2.24) is 10.2 Å². The summed E-state index contributed by atoms with van der Waals surface area (Å²) in [6.45, 7) is 0. The van der Waals surface area contributed by atoms with E-state index in [1.165, 1.54) is 18.5 Å². The first kappa shape index (κ1) is 11.6. The second-order valence-corrected chi connectivity index (χ2v) is 5.90. The zero-order valence-corrected chi connectivity index (χ0v) is 11.9. The first-order valence-electron chi connectivity index (χ1n) is 5.35.